The first-order valence-corrected chi connectivity index (χ1v) is 5.60. The molecule has 92 valence electrons. The lowest BCUT2D eigenvalue weighted by Gasteiger charge is -2.08. The molecule has 2 rings (SSSR count). The number of carboxylic acid groups (broad SMARTS) is 1. The Labute approximate surface area is 108 Å². The van der Waals surface area contributed by atoms with Gasteiger partial charge in [-0.1, -0.05) is 23.7 Å². The molecular formula is C13H10ClNO3. The van der Waals surface area contributed by atoms with Crippen molar-refractivity contribution in [1.29, 1.82) is 0 Å². The Hall–Kier alpha value is -2.07. The van der Waals surface area contributed by atoms with E-state index >= 15 is 0 Å². The number of carbonyl (C=O) groups is 1. The first-order chi connectivity index (χ1) is 8.50. The van der Waals surface area contributed by atoms with Crippen LogP contribution in [-0.2, 0) is 0 Å². The number of hydrogen-bond acceptors (Lipinski definition) is 2. The van der Waals surface area contributed by atoms with E-state index in [1.165, 1.54) is 16.8 Å². The monoisotopic (exact) mass is 263 g/mol. The lowest BCUT2D eigenvalue weighted by molar-refractivity contribution is 0.0695. The van der Waals surface area contributed by atoms with Crippen LogP contribution in [0.3, 0.4) is 0 Å². The van der Waals surface area contributed by atoms with Gasteiger partial charge in [0.15, 0.2) is 0 Å². The SMILES string of the molecule is Cc1cccc(-n2ccc(Cl)c(C(=O)O)c2=O)c1. The van der Waals surface area contributed by atoms with Crippen molar-refractivity contribution in [1.82, 2.24) is 4.57 Å². The third-order valence-corrected chi connectivity index (χ3v) is 2.85. The molecule has 0 saturated heterocycles. The number of aryl methyl sites for hydroxylation is 1. The summed E-state index contributed by atoms with van der Waals surface area (Å²) in [6, 6.07) is 8.61. The Morgan fingerprint density at radius 1 is 1.33 bits per heavy atom. The molecule has 0 fully saturated rings. The Bertz CT molecular complexity index is 676. The number of aromatic carboxylic acids is 1. The van der Waals surface area contributed by atoms with E-state index in [1.807, 2.05) is 13.0 Å². The van der Waals surface area contributed by atoms with Gasteiger partial charge in [0.25, 0.3) is 5.56 Å². The first kappa shape index (κ1) is 12.4. The van der Waals surface area contributed by atoms with E-state index in [0.717, 1.165) is 5.56 Å². The molecule has 4 nitrogen and oxygen atoms in total. The van der Waals surface area contributed by atoms with Crippen molar-refractivity contribution in [3.63, 3.8) is 0 Å². The van der Waals surface area contributed by atoms with Gasteiger partial charge in [-0.2, -0.15) is 0 Å². The fraction of sp³-hybridized carbons (Fsp3) is 0.0769. The van der Waals surface area contributed by atoms with Gasteiger partial charge in [-0.05, 0) is 30.7 Å². The van der Waals surface area contributed by atoms with Crippen molar-refractivity contribution in [2.75, 3.05) is 0 Å². The normalized spacial score (nSPS) is 10.3. The van der Waals surface area contributed by atoms with Crippen molar-refractivity contribution < 1.29 is 9.90 Å². The summed E-state index contributed by atoms with van der Waals surface area (Å²) in [6.07, 6.45) is 1.46. The summed E-state index contributed by atoms with van der Waals surface area (Å²) >= 11 is 5.72. The minimum Gasteiger partial charge on any atom is -0.477 e. The Morgan fingerprint density at radius 3 is 2.67 bits per heavy atom. The van der Waals surface area contributed by atoms with Crippen molar-refractivity contribution in [2.45, 2.75) is 6.92 Å². The minimum absolute atomic E-state index is 0.0589. The van der Waals surface area contributed by atoms with Crippen molar-refractivity contribution >= 4 is 17.6 Å². The summed E-state index contributed by atoms with van der Waals surface area (Å²) in [5.41, 5.74) is 0.534. The predicted octanol–water partition coefficient (Wildman–Crippen LogP) is 2.50. The van der Waals surface area contributed by atoms with Crippen LogP contribution in [0.25, 0.3) is 5.69 Å². The van der Waals surface area contributed by atoms with E-state index in [4.69, 9.17) is 16.7 Å². The van der Waals surface area contributed by atoms with Gasteiger partial charge in [-0.25, -0.2) is 4.79 Å². The first-order valence-electron chi connectivity index (χ1n) is 5.22. The topological polar surface area (TPSA) is 59.3 Å². The van der Waals surface area contributed by atoms with E-state index in [2.05, 4.69) is 0 Å². The van der Waals surface area contributed by atoms with Gasteiger partial charge in [0.2, 0.25) is 0 Å². The number of nitrogens with zero attached hydrogens (tertiary/aromatic N) is 1. The van der Waals surface area contributed by atoms with Gasteiger partial charge < -0.3 is 5.11 Å². The van der Waals surface area contributed by atoms with Crippen LogP contribution in [0, 0.1) is 6.92 Å². The van der Waals surface area contributed by atoms with E-state index < -0.39 is 17.1 Å². The molecule has 0 bridgehead atoms. The standard InChI is InChI=1S/C13H10ClNO3/c1-8-3-2-4-9(7-8)15-6-5-10(14)11(12(15)16)13(17)18/h2-7H,1H3,(H,17,18). The maximum Gasteiger partial charge on any atom is 0.342 e. The molecule has 5 heteroatoms. The lowest BCUT2D eigenvalue weighted by atomic mass is 10.2. The number of rotatable bonds is 2. The highest BCUT2D eigenvalue weighted by Crippen LogP contribution is 2.14. The molecule has 1 aromatic carbocycles. The molecule has 0 aliphatic carbocycles. The third kappa shape index (κ3) is 2.15. The summed E-state index contributed by atoms with van der Waals surface area (Å²) in [4.78, 5) is 23.0. The van der Waals surface area contributed by atoms with Crippen LogP contribution in [0.2, 0.25) is 5.02 Å². The van der Waals surface area contributed by atoms with Crippen LogP contribution in [0.5, 0.6) is 0 Å². The number of pyridine rings is 1. The van der Waals surface area contributed by atoms with Gasteiger partial charge in [0.05, 0.1) is 5.02 Å². The number of hydrogen-bond donors (Lipinski definition) is 1. The highest BCUT2D eigenvalue weighted by Gasteiger charge is 2.16. The van der Waals surface area contributed by atoms with Crippen LogP contribution in [0.15, 0.2) is 41.3 Å². The maximum absolute atomic E-state index is 12.0. The second kappa shape index (κ2) is 4.66. The summed E-state index contributed by atoms with van der Waals surface area (Å²) in [7, 11) is 0. The van der Waals surface area contributed by atoms with Gasteiger partial charge in [0.1, 0.15) is 5.56 Å². The van der Waals surface area contributed by atoms with Gasteiger partial charge in [-0.15, -0.1) is 0 Å². The molecule has 0 amide bonds. The largest absolute Gasteiger partial charge is 0.477 e. The van der Waals surface area contributed by atoms with Crippen molar-refractivity contribution in [2.24, 2.45) is 0 Å². The second-order valence-corrected chi connectivity index (χ2v) is 4.27. The van der Waals surface area contributed by atoms with E-state index in [0.29, 0.717) is 5.69 Å². The molecule has 0 atom stereocenters. The fourth-order valence-corrected chi connectivity index (χ4v) is 1.91. The molecule has 1 aromatic heterocycles. The summed E-state index contributed by atoms with van der Waals surface area (Å²) in [5, 5.41) is 8.92. The number of aromatic nitrogens is 1. The van der Waals surface area contributed by atoms with Crippen LogP contribution in [-0.4, -0.2) is 15.6 Å². The molecule has 0 saturated carbocycles. The van der Waals surface area contributed by atoms with E-state index in [1.54, 1.807) is 18.2 Å². The molecule has 0 aliphatic heterocycles. The second-order valence-electron chi connectivity index (χ2n) is 3.86. The molecular weight excluding hydrogens is 254 g/mol. The van der Waals surface area contributed by atoms with Gasteiger partial charge in [0, 0.05) is 11.9 Å². The number of halogens is 1. The molecule has 0 unspecified atom stereocenters. The molecule has 2 aromatic rings. The van der Waals surface area contributed by atoms with Gasteiger partial charge in [-0.3, -0.25) is 9.36 Å². The third-order valence-electron chi connectivity index (χ3n) is 2.54. The van der Waals surface area contributed by atoms with Crippen LogP contribution in [0.1, 0.15) is 15.9 Å². The maximum atomic E-state index is 12.0. The molecule has 18 heavy (non-hydrogen) atoms. The molecule has 0 spiro atoms. The highest BCUT2D eigenvalue weighted by molar-refractivity contribution is 6.33. The summed E-state index contributed by atoms with van der Waals surface area (Å²) in [6.45, 7) is 1.89. The van der Waals surface area contributed by atoms with Crippen LogP contribution >= 0.6 is 11.6 Å². The highest BCUT2D eigenvalue weighted by atomic mass is 35.5. The lowest BCUT2D eigenvalue weighted by Crippen LogP contribution is -2.25. The Balaban J connectivity index is 2.71. The van der Waals surface area contributed by atoms with Gasteiger partial charge >= 0.3 is 5.97 Å². The summed E-state index contributed by atoms with van der Waals surface area (Å²) in [5.74, 6) is -1.33. The Kier molecular flexibility index (Phi) is 3.21. The fourth-order valence-electron chi connectivity index (χ4n) is 1.69. The van der Waals surface area contributed by atoms with Crippen LogP contribution in [0.4, 0.5) is 0 Å². The predicted molar refractivity (Wildman–Crippen MR) is 68.7 cm³/mol. The molecule has 0 radical (unpaired) electrons. The van der Waals surface area contributed by atoms with Crippen LogP contribution < -0.4 is 5.56 Å². The smallest absolute Gasteiger partial charge is 0.342 e. The van der Waals surface area contributed by atoms with E-state index in [9.17, 15) is 9.59 Å². The van der Waals surface area contributed by atoms with Crippen molar-refractivity contribution in [3.8, 4) is 5.69 Å². The molecule has 0 aliphatic rings. The molecule has 1 N–H and O–H groups in total. The minimum atomic E-state index is -1.33. The quantitative estimate of drug-likeness (QED) is 0.906. The average Bonchev–Trinajstić information content (AvgIpc) is 2.28. The summed E-state index contributed by atoms with van der Waals surface area (Å²) < 4.78 is 1.27. The number of benzene rings is 1. The molecule has 1 heterocycles. The average molecular weight is 264 g/mol. The number of carboxylic acids is 1. The van der Waals surface area contributed by atoms with Crippen molar-refractivity contribution in [3.05, 3.63) is 63.0 Å². The zero-order chi connectivity index (χ0) is 13.3. The Morgan fingerprint density at radius 2 is 2.06 bits per heavy atom. The zero-order valence-corrected chi connectivity index (χ0v) is 10.3. The zero-order valence-electron chi connectivity index (χ0n) is 9.55. The van der Waals surface area contributed by atoms with E-state index in [-0.39, 0.29) is 5.02 Å².